The number of nitrogens with zero attached hydrogens (tertiary/aromatic N) is 2. The van der Waals surface area contributed by atoms with Crippen LogP contribution in [0.25, 0.3) is 71.4 Å². The van der Waals surface area contributed by atoms with Crippen LogP contribution >= 0.6 is 0 Å². The first kappa shape index (κ1) is 19.1. The fourth-order valence-electron chi connectivity index (χ4n) is 8.10. The molecule has 9 aromatic rings. The van der Waals surface area contributed by atoms with E-state index in [1.807, 2.05) is 0 Å². The van der Waals surface area contributed by atoms with Crippen molar-refractivity contribution in [3.05, 3.63) is 120 Å². The van der Waals surface area contributed by atoms with Gasteiger partial charge in [-0.1, -0.05) is 84.9 Å². The topological polar surface area (TPSA) is 18.1 Å². The Bertz CT molecular complexity index is 2540. The lowest BCUT2D eigenvalue weighted by Gasteiger charge is -2.21. The van der Waals surface area contributed by atoms with Crippen LogP contribution in [0.2, 0.25) is 0 Å². The molecule has 0 amide bonds. The molecule has 4 aromatic heterocycles. The number of rotatable bonds is 0. The molecule has 0 saturated carbocycles. The second-order valence-electron chi connectivity index (χ2n) is 11.2. The van der Waals surface area contributed by atoms with Gasteiger partial charge in [-0.05, 0) is 24.3 Å². The van der Waals surface area contributed by atoms with Crippen molar-refractivity contribution in [3.63, 3.8) is 0 Å². The molecule has 2 unspecified atom stereocenters. The van der Waals surface area contributed by atoms with Gasteiger partial charge in [-0.15, -0.1) is 0 Å². The third-order valence-corrected chi connectivity index (χ3v) is 9.55. The molecule has 39 heavy (non-hydrogen) atoms. The number of benzene rings is 5. The van der Waals surface area contributed by atoms with Gasteiger partial charge in [0.15, 0.2) is 0 Å². The Morgan fingerprint density at radius 1 is 0.538 bits per heavy atom. The van der Waals surface area contributed by atoms with Gasteiger partial charge in [0.1, 0.15) is 11.9 Å². The van der Waals surface area contributed by atoms with Gasteiger partial charge in [0, 0.05) is 49.4 Å². The van der Waals surface area contributed by atoms with Crippen molar-refractivity contribution in [2.24, 2.45) is 0 Å². The van der Waals surface area contributed by atoms with Crippen LogP contribution in [0.15, 0.2) is 103 Å². The van der Waals surface area contributed by atoms with Crippen molar-refractivity contribution in [3.8, 4) is 5.75 Å². The van der Waals surface area contributed by atoms with Crippen molar-refractivity contribution >= 4 is 71.4 Å². The zero-order chi connectivity index (χ0) is 25.0. The summed E-state index contributed by atoms with van der Waals surface area (Å²) in [5.41, 5.74) is 10.2. The first-order valence-corrected chi connectivity index (χ1v) is 13.7. The number of para-hydroxylation sites is 4. The van der Waals surface area contributed by atoms with E-state index >= 15 is 0 Å². The van der Waals surface area contributed by atoms with Crippen LogP contribution in [0.1, 0.15) is 28.8 Å². The highest BCUT2D eigenvalue weighted by Crippen LogP contribution is 2.57. The lowest BCUT2D eigenvalue weighted by molar-refractivity contribution is 0.227. The quantitative estimate of drug-likeness (QED) is 0.205. The first-order valence-electron chi connectivity index (χ1n) is 13.7. The van der Waals surface area contributed by atoms with Crippen LogP contribution in [-0.2, 0) is 0 Å². The highest BCUT2D eigenvalue weighted by Gasteiger charge is 2.41. The molecule has 0 bridgehead atoms. The van der Waals surface area contributed by atoms with E-state index in [-0.39, 0.29) is 12.0 Å². The summed E-state index contributed by atoms with van der Waals surface area (Å²) in [5, 5.41) is 9.07. The molecule has 0 spiro atoms. The molecule has 2 aliphatic rings. The summed E-state index contributed by atoms with van der Waals surface area (Å²) in [6.45, 7) is 0. The minimum atomic E-state index is -0.0355. The van der Waals surface area contributed by atoms with Crippen LogP contribution in [0, 0.1) is 0 Å². The van der Waals surface area contributed by atoms with E-state index in [9.17, 15) is 0 Å². The Balaban J connectivity index is 1.23. The Hall–Kier alpha value is -5.02. The van der Waals surface area contributed by atoms with Gasteiger partial charge in [-0.3, -0.25) is 0 Å². The maximum absolute atomic E-state index is 7.12. The minimum absolute atomic E-state index is 0.0355. The number of ether oxygens (including phenoxy) is 1. The summed E-state index contributed by atoms with van der Waals surface area (Å²) < 4.78 is 12.0. The molecular formula is C36H20N2O. The van der Waals surface area contributed by atoms with E-state index in [0.717, 1.165) is 5.75 Å². The first-order chi connectivity index (χ1) is 19.4. The maximum atomic E-state index is 7.12. The fourth-order valence-corrected chi connectivity index (χ4v) is 8.10. The lowest BCUT2D eigenvalue weighted by Crippen LogP contribution is -2.12. The summed E-state index contributed by atoms with van der Waals surface area (Å²) in [7, 11) is 0. The highest BCUT2D eigenvalue weighted by molar-refractivity contribution is 6.25. The van der Waals surface area contributed by atoms with E-state index in [1.165, 1.54) is 82.1 Å². The van der Waals surface area contributed by atoms with Crippen molar-refractivity contribution in [2.75, 3.05) is 0 Å². The minimum Gasteiger partial charge on any atom is -0.484 e. The summed E-state index contributed by atoms with van der Waals surface area (Å²) in [5.74, 6) is 1.25. The molecule has 2 atom stereocenters. The zero-order valence-corrected chi connectivity index (χ0v) is 20.8. The number of fused-ring (bicyclic) bond motifs is 17. The Morgan fingerprint density at radius 2 is 1.18 bits per heavy atom. The second-order valence-corrected chi connectivity index (χ2v) is 11.2. The van der Waals surface area contributed by atoms with Gasteiger partial charge in [0.05, 0.1) is 38.7 Å². The van der Waals surface area contributed by atoms with Gasteiger partial charge in [0.2, 0.25) is 0 Å². The van der Waals surface area contributed by atoms with E-state index in [2.05, 4.69) is 118 Å². The Labute approximate surface area is 222 Å². The van der Waals surface area contributed by atoms with Gasteiger partial charge >= 0.3 is 0 Å². The molecule has 1 aliphatic heterocycles. The highest BCUT2D eigenvalue weighted by atomic mass is 16.5. The number of hydrogen-bond acceptors (Lipinski definition) is 1. The molecule has 0 N–H and O–H groups in total. The molecular weight excluding hydrogens is 476 g/mol. The molecule has 3 nitrogen and oxygen atoms in total. The molecule has 5 aromatic carbocycles. The van der Waals surface area contributed by atoms with Crippen molar-refractivity contribution in [2.45, 2.75) is 12.0 Å². The van der Waals surface area contributed by atoms with Gasteiger partial charge < -0.3 is 13.5 Å². The smallest absolute Gasteiger partial charge is 0.137 e. The molecule has 11 rings (SSSR count). The molecule has 3 heteroatoms. The van der Waals surface area contributed by atoms with Gasteiger partial charge in [-0.25, -0.2) is 0 Å². The Kier molecular flexibility index (Phi) is 3.02. The van der Waals surface area contributed by atoms with Crippen molar-refractivity contribution < 1.29 is 4.74 Å². The number of hydrogen-bond donors (Lipinski definition) is 0. The summed E-state index contributed by atoms with van der Waals surface area (Å²) in [6.07, 6.45) is 4.68. The SMILES string of the molecule is C1=CC2c3ccc4c(c3OC2c2c1n1c3ccccc3c3cccc2c31)c1cccc2c3ccccc3n4c21. The third-order valence-electron chi connectivity index (χ3n) is 9.55. The van der Waals surface area contributed by atoms with E-state index < -0.39 is 0 Å². The fraction of sp³-hybridized carbons (Fsp3) is 0.0556. The van der Waals surface area contributed by atoms with Crippen molar-refractivity contribution in [1.82, 2.24) is 8.80 Å². The largest absolute Gasteiger partial charge is 0.484 e. The Morgan fingerprint density at radius 3 is 1.97 bits per heavy atom. The average Bonchev–Trinajstić information content (AvgIpc) is 3.77. The molecule has 1 aliphatic carbocycles. The normalized spacial score (nSPS) is 18.4. The van der Waals surface area contributed by atoms with Gasteiger partial charge in [0.25, 0.3) is 0 Å². The summed E-state index contributed by atoms with van der Waals surface area (Å²) >= 11 is 0. The van der Waals surface area contributed by atoms with E-state index in [4.69, 9.17) is 4.74 Å². The van der Waals surface area contributed by atoms with Crippen LogP contribution in [0.5, 0.6) is 5.75 Å². The van der Waals surface area contributed by atoms with Crippen LogP contribution in [-0.4, -0.2) is 8.80 Å². The molecule has 0 fully saturated rings. The van der Waals surface area contributed by atoms with Crippen molar-refractivity contribution in [1.29, 1.82) is 0 Å². The monoisotopic (exact) mass is 496 g/mol. The van der Waals surface area contributed by atoms with E-state index in [0.29, 0.717) is 0 Å². The standard InChI is InChI=1S/C36H20N2O/c1-3-13-27-19(7-1)21-9-5-11-25-31-29(37(27)33(21)25)17-15-23-24-16-18-30-32(36(24)39-35(23)31)26-12-6-10-22-20-8-2-4-14-28(20)38(30)34(22)26/h1-18,23,35H. The van der Waals surface area contributed by atoms with Gasteiger partial charge in [-0.2, -0.15) is 0 Å². The average molecular weight is 497 g/mol. The maximum Gasteiger partial charge on any atom is 0.137 e. The van der Waals surface area contributed by atoms with Crippen LogP contribution < -0.4 is 4.74 Å². The number of aromatic nitrogens is 2. The molecule has 0 radical (unpaired) electrons. The summed E-state index contributed by atoms with van der Waals surface area (Å²) in [6, 6.07) is 35.6. The molecule has 5 heterocycles. The predicted octanol–water partition coefficient (Wildman–Crippen LogP) is 9.08. The zero-order valence-electron chi connectivity index (χ0n) is 20.8. The summed E-state index contributed by atoms with van der Waals surface area (Å²) in [4.78, 5) is 0. The van der Waals surface area contributed by atoms with Crippen LogP contribution in [0.4, 0.5) is 0 Å². The molecule has 180 valence electrons. The second kappa shape index (κ2) is 6.16. The lowest BCUT2D eigenvalue weighted by atomic mass is 9.85. The molecule has 0 saturated heterocycles. The van der Waals surface area contributed by atoms with E-state index in [1.54, 1.807) is 0 Å². The predicted molar refractivity (Wildman–Crippen MR) is 160 cm³/mol. The van der Waals surface area contributed by atoms with Crippen LogP contribution in [0.3, 0.4) is 0 Å². The third kappa shape index (κ3) is 1.96.